The molecule has 10 nitrogen and oxygen atoms in total. The highest BCUT2D eigenvalue weighted by Gasteiger charge is 2.31. The number of halogens is 2. The summed E-state index contributed by atoms with van der Waals surface area (Å²) in [6.07, 6.45) is 3.04. The van der Waals surface area contributed by atoms with Gasteiger partial charge in [0.25, 0.3) is 5.56 Å². The van der Waals surface area contributed by atoms with E-state index in [1.807, 2.05) is 13.8 Å². The van der Waals surface area contributed by atoms with E-state index in [4.69, 9.17) is 35.7 Å². The number of aromatic nitrogens is 1. The van der Waals surface area contributed by atoms with E-state index in [2.05, 4.69) is 20.9 Å². The molecule has 0 radical (unpaired) electrons. The van der Waals surface area contributed by atoms with Gasteiger partial charge in [0, 0.05) is 6.20 Å². The van der Waals surface area contributed by atoms with Gasteiger partial charge in [-0.3, -0.25) is 9.36 Å². The predicted molar refractivity (Wildman–Crippen MR) is 152 cm³/mol. The van der Waals surface area contributed by atoms with Crippen molar-refractivity contribution in [1.29, 1.82) is 0 Å². The molecule has 0 amide bonds. The molecule has 1 aliphatic rings. The lowest BCUT2D eigenvalue weighted by atomic mass is 9.97. The first kappa shape index (κ1) is 29.4. The minimum absolute atomic E-state index is 0.165. The van der Waals surface area contributed by atoms with E-state index in [9.17, 15) is 14.4 Å². The largest absolute Gasteiger partial charge is 0.490 e. The summed E-state index contributed by atoms with van der Waals surface area (Å²) in [6, 6.07) is 7.62. The molecule has 13 heteroatoms. The quantitative estimate of drug-likeness (QED) is 0.329. The molecule has 0 saturated carbocycles. The number of hydrogen-bond donors (Lipinski definition) is 1. The van der Waals surface area contributed by atoms with Gasteiger partial charge >= 0.3 is 11.9 Å². The number of hydrogen-bond acceptors (Lipinski definition) is 9. The molecule has 0 aliphatic carbocycles. The average molecular weight is 652 g/mol. The van der Waals surface area contributed by atoms with Crippen molar-refractivity contribution in [1.82, 2.24) is 4.57 Å². The number of carbonyl (C=O) groups excluding carboxylic acids is 1. The third-order valence-corrected chi connectivity index (χ3v) is 7.53. The van der Waals surface area contributed by atoms with Crippen molar-refractivity contribution < 1.29 is 33.6 Å². The zero-order chi connectivity index (χ0) is 29.0. The maximum absolute atomic E-state index is 13.8. The standard InChI is InChI=1S/C27H24BrClN2O8S/c1-4-37-19-7-6-15(11-20(19)38-5-2)23-16(26(35)36-3)12-30-27-31(23)25(34)21(40-27)10-14-8-17(28)24(18(29)9-14)39-13-22(32)33/h6-12,23H,4-5,13H2,1-3H3,(H,32,33)/b21-10-/t23-/m0/s1. The van der Waals surface area contributed by atoms with E-state index in [0.717, 1.165) is 11.3 Å². The minimum atomic E-state index is -1.14. The van der Waals surface area contributed by atoms with Crippen molar-refractivity contribution in [2.75, 3.05) is 26.9 Å². The number of benzene rings is 2. The molecule has 1 N–H and O–H groups in total. The zero-order valence-electron chi connectivity index (χ0n) is 21.6. The van der Waals surface area contributed by atoms with Crippen LogP contribution in [-0.2, 0) is 14.3 Å². The summed E-state index contributed by atoms with van der Waals surface area (Å²) in [5.41, 5.74) is 0.970. The van der Waals surface area contributed by atoms with E-state index in [1.54, 1.807) is 36.4 Å². The fourth-order valence-corrected chi connectivity index (χ4v) is 6.03. The van der Waals surface area contributed by atoms with Crippen LogP contribution in [0.1, 0.15) is 31.0 Å². The Morgan fingerprint density at radius 3 is 2.52 bits per heavy atom. The van der Waals surface area contributed by atoms with Crippen LogP contribution in [0.3, 0.4) is 0 Å². The van der Waals surface area contributed by atoms with Gasteiger partial charge < -0.3 is 24.1 Å². The number of carbonyl (C=O) groups is 2. The molecule has 2 heterocycles. The Bertz CT molecular complexity index is 1660. The summed E-state index contributed by atoms with van der Waals surface area (Å²) in [5.74, 6) is -0.569. The van der Waals surface area contributed by atoms with Gasteiger partial charge in [-0.25, -0.2) is 14.6 Å². The molecule has 0 spiro atoms. The Kier molecular flexibility index (Phi) is 9.33. The lowest BCUT2D eigenvalue weighted by Crippen LogP contribution is -2.39. The topological polar surface area (TPSA) is 126 Å². The zero-order valence-corrected chi connectivity index (χ0v) is 24.8. The van der Waals surface area contributed by atoms with Gasteiger partial charge in [0.1, 0.15) is 0 Å². The van der Waals surface area contributed by atoms with E-state index >= 15 is 0 Å². The molecular formula is C27H24BrClN2O8S. The van der Waals surface area contributed by atoms with Crippen LogP contribution in [0.15, 0.2) is 56.4 Å². The number of aliphatic carboxylic acids is 1. The summed E-state index contributed by atoms with van der Waals surface area (Å²) >= 11 is 10.8. The summed E-state index contributed by atoms with van der Waals surface area (Å²) in [6.45, 7) is 3.98. The van der Waals surface area contributed by atoms with Crippen LogP contribution in [0.5, 0.6) is 17.2 Å². The second-order valence-electron chi connectivity index (χ2n) is 8.24. The van der Waals surface area contributed by atoms with Crippen molar-refractivity contribution >= 4 is 56.9 Å². The maximum Gasteiger partial charge on any atom is 0.341 e. The smallest absolute Gasteiger partial charge is 0.341 e. The molecule has 0 bridgehead atoms. The Balaban J connectivity index is 1.84. The van der Waals surface area contributed by atoms with Gasteiger partial charge in [-0.05, 0) is 71.2 Å². The summed E-state index contributed by atoms with van der Waals surface area (Å²) < 4.78 is 23.9. The Hall–Kier alpha value is -3.61. The molecule has 210 valence electrons. The molecule has 3 aromatic rings. The monoisotopic (exact) mass is 650 g/mol. The average Bonchev–Trinajstić information content (AvgIpc) is 3.23. The van der Waals surface area contributed by atoms with Gasteiger partial charge in [-0.15, -0.1) is 0 Å². The third-order valence-electron chi connectivity index (χ3n) is 5.67. The van der Waals surface area contributed by atoms with Crippen molar-refractivity contribution in [2.24, 2.45) is 4.99 Å². The first-order chi connectivity index (χ1) is 19.2. The van der Waals surface area contributed by atoms with E-state index in [1.165, 1.54) is 17.9 Å². The van der Waals surface area contributed by atoms with E-state index in [0.29, 0.717) is 49.6 Å². The van der Waals surface area contributed by atoms with Crippen molar-refractivity contribution in [3.05, 3.63) is 82.4 Å². The van der Waals surface area contributed by atoms with Crippen LogP contribution < -0.4 is 29.1 Å². The highest BCUT2D eigenvalue weighted by Crippen LogP contribution is 2.36. The number of carboxylic acids is 1. The Morgan fingerprint density at radius 1 is 1.15 bits per heavy atom. The Morgan fingerprint density at radius 2 is 1.88 bits per heavy atom. The number of nitrogens with zero attached hydrogens (tertiary/aromatic N) is 2. The van der Waals surface area contributed by atoms with Crippen LogP contribution in [0.25, 0.3) is 6.08 Å². The van der Waals surface area contributed by atoms with Gasteiger partial charge in [0.15, 0.2) is 28.7 Å². The maximum atomic E-state index is 13.8. The van der Waals surface area contributed by atoms with Crippen molar-refractivity contribution in [3.8, 4) is 17.2 Å². The number of methoxy groups -OCH3 is 1. The highest BCUT2D eigenvalue weighted by molar-refractivity contribution is 9.10. The molecule has 2 aromatic carbocycles. The summed E-state index contributed by atoms with van der Waals surface area (Å²) in [4.78, 5) is 42.1. The van der Waals surface area contributed by atoms with Crippen LogP contribution >= 0.6 is 38.9 Å². The molecule has 40 heavy (non-hydrogen) atoms. The van der Waals surface area contributed by atoms with Gasteiger partial charge in [-0.1, -0.05) is 29.0 Å². The van der Waals surface area contributed by atoms with Crippen molar-refractivity contribution in [3.63, 3.8) is 0 Å². The van der Waals surface area contributed by atoms with Gasteiger partial charge in [-0.2, -0.15) is 0 Å². The first-order valence-corrected chi connectivity index (χ1v) is 14.0. The number of ether oxygens (including phenoxy) is 4. The molecule has 4 rings (SSSR count). The lowest BCUT2D eigenvalue weighted by Gasteiger charge is -2.23. The fourth-order valence-electron chi connectivity index (χ4n) is 4.07. The molecule has 0 fully saturated rings. The van der Waals surface area contributed by atoms with E-state index < -0.39 is 24.6 Å². The molecule has 0 saturated heterocycles. The van der Waals surface area contributed by atoms with E-state index in [-0.39, 0.29) is 21.9 Å². The Labute approximate surface area is 245 Å². The van der Waals surface area contributed by atoms with Crippen LogP contribution in [0.2, 0.25) is 5.02 Å². The SMILES string of the molecule is CCOc1ccc([C@H]2C(C(=O)OC)=CN=c3s/c(=C\c4cc(Cl)c(OCC(=O)O)c(Br)c4)c(=O)n32)cc1OCC. The highest BCUT2D eigenvalue weighted by atomic mass is 79.9. The second kappa shape index (κ2) is 12.7. The number of fused-ring (bicyclic) bond motifs is 1. The third kappa shape index (κ3) is 6.08. The van der Waals surface area contributed by atoms with Crippen LogP contribution in [0.4, 0.5) is 0 Å². The minimum Gasteiger partial charge on any atom is -0.490 e. The number of thiazole rings is 1. The number of esters is 1. The number of rotatable bonds is 10. The van der Waals surface area contributed by atoms with Crippen LogP contribution in [-0.4, -0.2) is 48.5 Å². The van der Waals surface area contributed by atoms with Crippen molar-refractivity contribution in [2.45, 2.75) is 19.9 Å². The van der Waals surface area contributed by atoms with Crippen LogP contribution in [0, 0.1) is 0 Å². The molecular weight excluding hydrogens is 628 g/mol. The lowest BCUT2D eigenvalue weighted by molar-refractivity contribution is -0.139. The number of carboxylic acid groups (broad SMARTS) is 1. The second-order valence-corrected chi connectivity index (χ2v) is 10.5. The summed E-state index contributed by atoms with van der Waals surface area (Å²) in [5, 5.41) is 9.05. The fraction of sp³-hybridized carbons (Fsp3) is 0.259. The predicted octanol–water partition coefficient (Wildman–Crippen LogP) is 3.69. The van der Waals surface area contributed by atoms with Gasteiger partial charge in [0.05, 0.1) is 46.0 Å². The summed E-state index contributed by atoms with van der Waals surface area (Å²) in [7, 11) is 1.26. The molecule has 0 unspecified atom stereocenters. The molecule has 1 aromatic heterocycles. The first-order valence-electron chi connectivity index (χ1n) is 12.0. The normalized spacial score (nSPS) is 14.6. The molecule has 1 atom stereocenters. The molecule has 1 aliphatic heterocycles. The van der Waals surface area contributed by atoms with Gasteiger partial charge in [0.2, 0.25) is 0 Å².